The Morgan fingerprint density at radius 2 is 1.59 bits per heavy atom. The Hall–Kier alpha value is -2.04. The van der Waals surface area contributed by atoms with Gasteiger partial charge in [-0.2, -0.15) is 0 Å². The summed E-state index contributed by atoms with van der Waals surface area (Å²) in [6.07, 6.45) is -1.07. The van der Waals surface area contributed by atoms with Crippen LogP contribution in [0.5, 0.6) is 0 Å². The lowest BCUT2D eigenvalue weighted by Crippen LogP contribution is -2.54. The molecule has 1 aromatic rings. The first-order chi connectivity index (χ1) is 10.3. The number of amides is 2. The molecule has 0 radical (unpaired) electrons. The lowest BCUT2D eigenvalue weighted by atomic mass is 9.99. The first-order valence-electron chi connectivity index (χ1n) is 7.62. The summed E-state index contributed by atoms with van der Waals surface area (Å²) < 4.78 is 0. The summed E-state index contributed by atoms with van der Waals surface area (Å²) in [4.78, 5) is 25.3. The zero-order valence-electron chi connectivity index (χ0n) is 13.9. The van der Waals surface area contributed by atoms with E-state index < -0.39 is 12.1 Å². The molecule has 0 spiro atoms. The van der Waals surface area contributed by atoms with Gasteiger partial charge in [-0.3, -0.25) is 9.69 Å². The Morgan fingerprint density at radius 3 is 2.00 bits per heavy atom. The highest BCUT2D eigenvalue weighted by Gasteiger charge is 2.34. The van der Waals surface area contributed by atoms with Crippen molar-refractivity contribution < 1.29 is 14.7 Å². The highest BCUT2D eigenvalue weighted by Crippen LogP contribution is 2.18. The maximum atomic E-state index is 12.6. The fourth-order valence-electron chi connectivity index (χ4n) is 2.54. The summed E-state index contributed by atoms with van der Waals surface area (Å²) in [7, 11) is 0. The number of hydrogen-bond acceptors (Lipinski definition) is 2. The van der Waals surface area contributed by atoms with E-state index in [-0.39, 0.29) is 23.9 Å². The van der Waals surface area contributed by atoms with Crippen molar-refractivity contribution in [3.63, 3.8) is 0 Å². The molecule has 2 unspecified atom stereocenters. The molecule has 122 valence electrons. The third-order valence-electron chi connectivity index (χ3n) is 3.64. The average molecular weight is 306 g/mol. The number of nitrogens with one attached hydrogen (secondary N) is 1. The predicted octanol–water partition coefficient (Wildman–Crippen LogP) is 3.28. The van der Waals surface area contributed by atoms with Gasteiger partial charge in [-0.1, -0.05) is 44.2 Å². The molecule has 1 aromatic carbocycles. The van der Waals surface area contributed by atoms with Gasteiger partial charge >= 0.3 is 6.09 Å². The van der Waals surface area contributed by atoms with Crippen LogP contribution in [0.4, 0.5) is 4.79 Å². The number of hydrogen-bond donors (Lipinski definition) is 2. The quantitative estimate of drug-likeness (QED) is 0.847. The van der Waals surface area contributed by atoms with E-state index in [0.717, 1.165) is 5.56 Å². The average Bonchev–Trinajstić information content (AvgIpc) is 2.43. The molecule has 0 fully saturated rings. The van der Waals surface area contributed by atoms with Crippen molar-refractivity contribution in [1.82, 2.24) is 10.2 Å². The van der Waals surface area contributed by atoms with Gasteiger partial charge in [0.1, 0.15) is 6.04 Å². The van der Waals surface area contributed by atoms with Crippen LogP contribution in [0.1, 0.15) is 46.2 Å². The Bertz CT molecular complexity index is 500. The van der Waals surface area contributed by atoms with E-state index in [1.54, 1.807) is 13.8 Å². The van der Waals surface area contributed by atoms with Crippen molar-refractivity contribution in [2.45, 2.75) is 52.7 Å². The van der Waals surface area contributed by atoms with E-state index >= 15 is 0 Å². The number of nitrogens with zero attached hydrogens (tertiary/aromatic N) is 1. The maximum Gasteiger partial charge on any atom is 0.408 e. The highest BCUT2D eigenvalue weighted by atomic mass is 16.4. The zero-order valence-corrected chi connectivity index (χ0v) is 13.9. The molecule has 5 nitrogen and oxygen atoms in total. The fourth-order valence-corrected chi connectivity index (χ4v) is 2.54. The Morgan fingerprint density at radius 1 is 1.05 bits per heavy atom. The number of carbonyl (C=O) groups excluding carboxylic acids is 1. The van der Waals surface area contributed by atoms with Gasteiger partial charge in [0, 0.05) is 6.04 Å². The second kappa shape index (κ2) is 7.82. The summed E-state index contributed by atoms with van der Waals surface area (Å²) >= 11 is 0. The molecule has 0 aliphatic rings. The second-order valence-corrected chi connectivity index (χ2v) is 6.11. The van der Waals surface area contributed by atoms with E-state index in [0.29, 0.717) is 0 Å². The first kappa shape index (κ1) is 18.0. The zero-order chi connectivity index (χ0) is 16.9. The molecule has 0 bridgehead atoms. The minimum atomic E-state index is -1.07. The lowest BCUT2D eigenvalue weighted by molar-refractivity contribution is -0.128. The van der Waals surface area contributed by atoms with E-state index in [1.165, 1.54) is 4.90 Å². The highest BCUT2D eigenvalue weighted by molar-refractivity contribution is 5.86. The van der Waals surface area contributed by atoms with E-state index in [1.807, 2.05) is 51.1 Å². The van der Waals surface area contributed by atoms with Gasteiger partial charge in [-0.15, -0.1) is 0 Å². The number of rotatable bonds is 6. The van der Waals surface area contributed by atoms with Crippen LogP contribution in [0, 0.1) is 5.92 Å². The molecule has 0 saturated carbocycles. The monoisotopic (exact) mass is 306 g/mol. The number of benzene rings is 1. The second-order valence-electron chi connectivity index (χ2n) is 6.11. The lowest BCUT2D eigenvalue weighted by Gasteiger charge is -2.34. The van der Waals surface area contributed by atoms with Gasteiger partial charge in [0.15, 0.2) is 0 Å². The molecule has 5 heteroatoms. The third-order valence-corrected chi connectivity index (χ3v) is 3.64. The van der Waals surface area contributed by atoms with Crippen molar-refractivity contribution in [3.8, 4) is 0 Å². The van der Waals surface area contributed by atoms with Crippen LogP contribution in [0.15, 0.2) is 30.3 Å². The fraction of sp³-hybridized carbons (Fsp3) is 0.529. The van der Waals surface area contributed by atoms with Crippen LogP contribution >= 0.6 is 0 Å². The molecule has 0 aliphatic heterocycles. The topological polar surface area (TPSA) is 69.6 Å². The summed E-state index contributed by atoms with van der Waals surface area (Å²) in [5.41, 5.74) is 0.991. The van der Waals surface area contributed by atoms with Crippen LogP contribution in [0.3, 0.4) is 0 Å². The largest absolute Gasteiger partial charge is 0.465 e. The van der Waals surface area contributed by atoms with Crippen LogP contribution in [-0.4, -0.2) is 34.1 Å². The van der Waals surface area contributed by atoms with Gasteiger partial charge < -0.3 is 10.4 Å². The van der Waals surface area contributed by atoms with Crippen molar-refractivity contribution >= 4 is 12.0 Å². The molecule has 0 aromatic heterocycles. The van der Waals surface area contributed by atoms with Crippen LogP contribution in [0.2, 0.25) is 0 Å². The van der Waals surface area contributed by atoms with Gasteiger partial charge in [-0.25, -0.2) is 4.79 Å². The molecule has 0 saturated heterocycles. The third kappa shape index (κ3) is 4.48. The molecule has 2 amide bonds. The maximum absolute atomic E-state index is 12.6. The number of carboxylic acid groups (broad SMARTS) is 1. The standard InChI is InChI=1S/C17H26N2O3/c1-11(2)15(19(12(3)4)17(21)22)16(20)18-13(5)14-9-7-6-8-10-14/h6-13,15H,1-5H3,(H,18,20)(H,21,22). The van der Waals surface area contributed by atoms with E-state index in [9.17, 15) is 14.7 Å². The van der Waals surface area contributed by atoms with Crippen LogP contribution in [0.25, 0.3) is 0 Å². The van der Waals surface area contributed by atoms with Crippen molar-refractivity contribution in [2.75, 3.05) is 0 Å². The number of carbonyl (C=O) groups is 2. The molecule has 0 heterocycles. The Kier molecular flexibility index (Phi) is 6.40. The van der Waals surface area contributed by atoms with E-state index in [2.05, 4.69) is 5.32 Å². The predicted molar refractivity (Wildman–Crippen MR) is 86.6 cm³/mol. The van der Waals surface area contributed by atoms with Gasteiger partial charge in [0.2, 0.25) is 5.91 Å². The SMILES string of the molecule is CC(NC(=O)C(C(C)C)N(C(=O)O)C(C)C)c1ccccc1. The summed E-state index contributed by atoms with van der Waals surface area (Å²) in [6, 6.07) is 8.48. The Labute approximate surface area is 132 Å². The van der Waals surface area contributed by atoms with Crippen molar-refractivity contribution in [2.24, 2.45) is 5.92 Å². The van der Waals surface area contributed by atoms with Crippen LogP contribution in [-0.2, 0) is 4.79 Å². The normalized spacial score (nSPS) is 13.8. The van der Waals surface area contributed by atoms with Crippen molar-refractivity contribution in [3.05, 3.63) is 35.9 Å². The molecular formula is C17H26N2O3. The molecule has 1 rings (SSSR count). The van der Waals surface area contributed by atoms with E-state index in [4.69, 9.17) is 0 Å². The molecule has 22 heavy (non-hydrogen) atoms. The molecular weight excluding hydrogens is 280 g/mol. The summed E-state index contributed by atoms with van der Waals surface area (Å²) in [5.74, 6) is -0.371. The van der Waals surface area contributed by atoms with Gasteiger partial charge in [0.05, 0.1) is 6.04 Å². The molecule has 2 atom stereocenters. The van der Waals surface area contributed by atoms with Gasteiger partial charge in [0.25, 0.3) is 0 Å². The minimum Gasteiger partial charge on any atom is -0.465 e. The smallest absolute Gasteiger partial charge is 0.408 e. The molecule has 2 N–H and O–H groups in total. The van der Waals surface area contributed by atoms with Crippen molar-refractivity contribution in [1.29, 1.82) is 0 Å². The summed E-state index contributed by atoms with van der Waals surface area (Å²) in [6.45, 7) is 9.16. The van der Waals surface area contributed by atoms with Gasteiger partial charge in [-0.05, 0) is 32.3 Å². The summed E-state index contributed by atoms with van der Waals surface area (Å²) in [5, 5.41) is 12.3. The molecule has 0 aliphatic carbocycles. The minimum absolute atomic E-state index is 0.110. The first-order valence-corrected chi connectivity index (χ1v) is 7.62. The van der Waals surface area contributed by atoms with Crippen LogP contribution < -0.4 is 5.32 Å². The Balaban J connectivity index is 2.92.